The van der Waals surface area contributed by atoms with Crippen molar-refractivity contribution in [2.75, 3.05) is 6.26 Å². The molecule has 23 heavy (non-hydrogen) atoms. The van der Waals surface area contributed by atoms with E-state index in [1.807, 2.05) is 33.8 Å². The molecule has 0 aliphatic carbocycles. The Kier molecular flexibility index (Phi) is 7.12. The van der Waals surface area contributed by atoms with E-state index in [2.05, 4.69) is 25.8 Å². The fraction of sp³-hybridized carbons (Fsp3) is 0.769. The van der Waals surface area contributed by atoms with Gasteiger partial charge in [0.1, 0.15) is 9.35 Å². The molecule has 10 heteroatoms. The molecule has 1 aromatic heterocycles. The van der Waals surface area contributed by atoms with Crippen LogP contribution in [0.2, 0.25) is 0 Å². The molecule has 134 valence electrons. The molecule has 0 amide bonds. The van der Waals surface area contributed by atoms with Crippen LogP contribution in [0.5, 0.6) is 0 Å². The minimum absolute atomic E-state index is 0.223. The Balaban J connectivity index is 2.88. The number of rotatable bonds is 7. The molecule has 0 unspecified atom stereocenters. The minimum atomic E-state index is -3.53. The van der Waals surface area contributed by atoms with Crippen LogP contribution in [-0.2, 0) is 32.2 Å². The lowest BCUT2D eigenvalue weighted by Gasteiger charge is -2.26. The minimum Gasteiger partial charge on any atom is -0.598 e. The first kappa shape index (κ1) is 20.9. The van der Waals surface area contributed by atoms with Gasteiger partial charge in [0.15, 0.2) is 0 Å². The van der Waals surface area contributed by atoms with Gasteiger partial charge in [0.2, 0.25) is 0 Å². The van der Waals surface area contributed by atoms with Crippen LogP contribution in [0.25, 0.3) is 0 Å². The highest BCUT2D eigenvalue weighted by Crippen LogP contribution is 2.22. The van der Waals surface area contributed by atoms with Crippen LogP contribution in [0.4, 0.5) is 0 Å². The van der Waals surface area contributed by atoms with Gasteiger partial charge in [-0.15, -0.1) is 4.72 Å². The maximum Gasteiger partial charge on any atom is 0.264 e. The van der Waals surface area contributed by atoms with Crippen molar-refractivity contribution in [3.63, 3.8) is 0 Å². The first-order valence-electron chi connectivity index (χ1n) is 7.09. The van der Waals surface area contributed by atoms with Crippen molar-refractivity contribution in [3.8, 4) is 0 Å². The topological polar surface area (TPSA) is 96.3 Å². The normalized spacial score (nSPS) is 17.0. The maximum atomic E-state index is 12.2. The summed E-state index contributed by atoms with van der Waals surface area (Å²) in [5, 5.41) is 4.29. The summed E-state index contributed by atoms with van der Waals surface area (Å²) in [4.78, 5) is 0. The van der Waals surface area contributed by atoms with Gasteiger partial charge in [-0.05, 0) is 56.6 Å². The molecule has 0 aliphatic rings. The van der Waals surface area contributed by atoms with Gasteiger partial charge >= 0.3 is 0 Å². The molecule has 1 N–H and O–H groups in total. The number of nitrogens with zero attached hydrogens (tertiary/aromatic N) is 2. The first-order chi connectivity index (χ1) is 10.3. The Hall–Kier alpha value is -0.130. The molecule has 0 radical (unpaired) electrons. The number of aromatic nitrogens is 2. The van der Waals surface area contributed by atoms with Crippen molar-refractivity contribution < 1.29 is 17.2 Å². The van der Waals surface area contributed by atoms with Crippen molar-refractivity contribution in [2.45, 2.75) is 58.1 Å². The van der Waals surface area contributed by atoms with Crippen LogP contribution < -0.4 is 4.72 Å². The first-order valence-corrected chi connectivity index (χ1v) is 10.8. The molecule has 1 aromatic rings. The Labute approximate surface area is 149 Å². The molecule has 3 atom stereocenters. The van der Waals surface area contributed by atoms with Gasteiger partial charge in [-0.1, -0.05) is 0 Å². The zero-order chi connectivity index (χ0) is 18.0. The van der Waals surface area contributed by atoms with Crippen molar-refractivity contribution in [2.24, 2.45) is 0 Å². The van der Waals surface area contributed by atoms with E-state index in [0.29, 0.717) is 4.60 Å². The van der Waals surface area contributed by atoms with Gasteiger partial charge in [-0.25, -0.2) is 0 Å². The molecule has 0 bridgehead atoms. The van der Waals surface area contributed by atoms with Crippen LogP contribution in [-0.4, -0.2) is 39.9 Å². The van der Waals surface area contributed by atoms with Crippen molar-refractivity contribution >= 4 is 37.4 Å². The molecular formula is C13H24BrN3O4S2. The fourth-order valence-corrected chi connectivity index (χ4v) is 3.74. The number of halogens is 1. The smallest absolute Gasteiger partial charge is 0.264 e. The summed E-state index contributed by atoms with van der Waals surface area (Å²) in [6.07, 6.45) is 0.455. The standard InChI is InChI=1S/C13H24BrN3O4S2/c1-9(21-23(6,19)20)8-17-11(7-12(14)15-17)10(2)16-22(18)13(3,4)5/h7,9-10,16H,8H2,1-6H3/t9-,10-,22+/m0/s1. The van der Waals surface area contributed by atoms with E-state index in [-0.39, 0.29) is 17.3 Å². The van der Waals surface area contributed by atoms with Crippen molar-refractivity contribution in [3.05, 3.63) is 16.4 Å². The highest BCUT2D eigenvalue weighted by Gasteiger charge is 2.29. The van der Waals surface area contributed by atoms with Gasteiger partial charge in [-0.3, -0.25) is 8.86 Å². The highest BCUT2D eigenvalue weighted by atomic mass is 79.9. The van der Waals surface area contributed by atoms with Gasteiger partial charge < -0.3 is 4.55 Å². The SMILES string of the molecule is C[C@H](N[S@+]([O-])C(C)(C)C)c1cc(Br)nn1C[C@H](C)OS(C)(=O)=O. The van der Waals surface area contributed by atoms with Gasteiger partial charge in [-0.2, -0.15) is 13.5 Å². The summed E-state index contributed by atoms with van der Waals surface area (Å²) in [5.41, 5.74) is 0.790. The average molecular weight is 430 g/mol. The lowest BCUT2D eigenvalue weighted by Crippen LogP contribution is -2.41. The largest absolute Gasteiger partial charge is 0.598 e. The van der Waals surface area contributed by atoms with Crippen LogP contribution in [0, 0.1) is 0 Å². The number of hydrogen-bond acceptors (Lipinski definition) is 6. The summed E-state index contributed by atoms with van der Waals surface area (Å²) in [7, 11) is -3.53. The predicted molar refractivity (Wildman–Crippen MR) is 94.8 cm³/mol. The van der Waals surface area contributed by atoms with E-state index in [1.54, 1.807) is 11.6 Å². The van der Waals surface area contributed by atoms with E-state index >= 15 is 0 Å². The van der Waals surface area contributed by atoms with E-state index in [1.165, 1.54) is 0 Å². The number of hydrogen-bond donors (Lipinski definition) is 1. The zero-order valence-electron chi connectivity index (χ0n) is 14.2. The molecule has 0 saturated heterocycles. The van der Waals surface area contributed by atoms with Crippen LogP contribution in [0.1, 0.15) is 46.4 Å². The molecule has 0 fully saturated rings. The third-order valence-electron chi connectivity index (χ3n) is 2.83. The average Bonchev–Trinajstić information content (AvgIpc) is 2.66. The Morgan fingerprint density at radius 1 is 1.48 bits per heavy atom. The van der Waals surface area contributed by atoms with E-state index in [0.717, 1.165) is 11.9 Å². The van der Waals surface area contributed by atoms with E-state index in [4.69, 9.17) is 4.18 Å². The fourth-order valence-electron chi connectivity index (χ4n) is 1.86. The Morgan fingerprint density at radius 3 is 2.52 bits per heavy atom. The molecule has 0 saturated carbocycles. The quantitative estimate of drug-likeness (QED) is 0.526. The summed E-state index contributed by atoms with van der Waals surface area (Å²) < 4.78 is 44.5. The Bertz CT molecular complexity index is 628. The Morgan fingerprint density at radius 2 is 2.04 bits per heavy atom. The maximum absolute atomic E-state index is 12.2. The van der Waals surface area contributed by atoms with Crippen LogP contribution in [0.15, 0.2) is 10.7 Å². The molecule has 1 rings (SSSR count). The molecular weight excluding hydrogens is 406 g/mol. The summed E-state index contributed by atoms with van der Waals surface area (Å²) >= 11 is 2.08. The highest BCUT2D eigenvalue weighted by molar-refractivity contribution is 9.10. The predicted octanol–water partition coefficient (Wildman–Crippen LogP) is 2.12. The molecule has 1 heterocycles. The number of nitrogens with one attached hydrogen (secondary N) is 1. The summed E-state index contributed by atoms with van der Waals surface area (Å²) in [5.74, 6) is 0. The molecule has 0 aliphatic heterocycles. The lowest BCUT2D eigenvalue weighted by molar-refractivity contribution is 0.201. The van der Waals surface area contributed by atoms with Gasteiger partial charge in [0.05, 0.1) is 30.6 Å². The van der Waals surface area contributed by atoms with Crippen molar-refractivity contribution in [1.29, 1.82) is 0 Å². The second-order valence-corrected chi connectivity index (χ2v) is 10.8. The van der Waals surface area contributed by atoms with Crippen LogP contribution >= 0.6 is 15.9 Å². The third kappa shape index (κ3) is 7.10. The lowest BCUT2D eigenvalue weighted by atomic mass is 10.2. The van der Waals surface area contributed by atoms with E-state index < -0.39 is 27.6 Å². The third-order valence-corrected chi connectivity index (χ3v) is 5.58. The monoisotopic (exact) mass is 429 g/mol. The summed E-state index contributed by atoms with van der Waals surface area (Å²) in [6.45, 7) is 9.47. The van der Waals surface area contributed by atoms with Gasteiger partial charge in [0, 0.05) is 11.4 Å². The molecule has 7 nitrogen and oxygen atoms in total. The van der Waals surface area contributed by atoms with E-state index in [9.17, 15) is 13.0 Å². The summed E-state index contributed by atoms with van der Waals surface area (Å²) in [6, 6.07) is 1.59. The van der Waals surface area contributed by atoms with Crippen LogP contribution in [0.3, 0.4) is 0 Å². The molecule has 0 spiro atoms. The second-order valence-electron chi connectivity index (χ2n) is 6.41. The molecule has 0 aromatic carbocycles. The van der Waals surface area contributed by atoms with Gasteiger partial charge in [0.25, 0.3) is 10.1 Å². The zero-order valence-corrected chi connectivity index (χ0v) is 17.4. The second kappa shape index (κ2) is 7.83. The van der Waals surface area contributed by atoms with Crippen molar-refractivity contribution in [1.82, 2.24) is 14.5 Å².